The fraction of sp³-hybridized carbons (Fsp3) is 0.611. The number of likely N-dealkylation sites (tertiary alicyclic amines) is 1. The lowest BCUT2D eigenvalue weighted by Crippen LogP contribution is -2.48. The van der Waals surface area contributed by atoms with Gasteiger partial charge in [0.25, 0.3) is 0 Å². The molecule has 4 nitrogen and oxygen atoms in total. The minimum atomic E-state index is -0.708. The van der Waals surface area contributed by atoms with Crippen LogP contribution in [-0.4, -0.2) is 41.1 Å². The fourth-order valence-electron chi connectivity index (χ4n) is 3.07. The number of rotatable bonds is 8. The first-order valence-corrected chi connectivity index (χ1v) is 8.44. The lowest BCUT2D eigenvalue weighted by molar-refractivity contribution is -0.140. The Hall–Kier alpha value is -1.39. The zero-order chi connectivity index (χ0) is 15.8. The van der Waals surface area contributed by atoms with Crippen molar-refractivity contribution in [2.24, 2.45) is 0 Å². The van der Waals surface area contributed by atoms with E-state index in [9.17, 15) is 9.90 Å². The molecule has 0 amide bonds. The minimum Gasteiger partial charge on any atom is -0.480 e. The predicted molar refractivity (Wildman–Crippen MR) is 88.8 cm³/mol. The van der Waals surface area contributed by atoms with Gasteiger partial charge in [-0.3, -0.25) is 9.69 Å². The number of nitrogens with zero attached hydrogens (tertiary/aromatic N) is 1. The lowest BCUT2D eigenvalue weighted by Gasteiger charge is -2.33. The summed E-state index contributed by atoms with van der Waals surface area (Å²) in [6, 6.07) is 10.5. The maximum absolute atomic E-state index is 11.3. The first kappa shape index (κ1) is 17.0. The van der Waals surface area contributed by atoms with Gasteiger partial charge in [-0.25, -0.2) is 0 Å². The van der Waals surface area contributed by atoms with E-state index in [0.717, 1.165) is 51.7 Å². The zero-order valence-corrected chi connectivity index (χ0v) is 13.5. The standard InChI is InChI=1S/C18H28N2O2/c1-2-3-9-17(18(21)22)19-16-10-12-20(13-11-16)14-15-7-5-4-6-8-15/h4-8,16-17,19H,2-3,9-14H2,1H3,(H,21,22)/t17-/m0/s1. The molecule has 1 aromatic rings. The number of hydrogen-bond acceptors (Lipinski definition) is 3. The molecule has 2 rings (SSSR count). The smallest absolute Gasteiger partial charge is 0.320 e. The summed E-state index contributed by atoms with van der Waals surface area (Å²) < 4.78 is 0. The van der Waals surface area contributed by atoms with E-state index in [-0.39, 0.29) is 6.04 Å². The molecular weight excluding hydrogens is 276 g/mol. The highest BCUT2D eigenvalue weighted by atomic mass is 16.4. The normalized spacial score (nSPS) is 18.2. The average molecular weight is 304 g/mol. The van der Waals surface area contributed by atoms with Crippen LogP contribution in [0.2, 0.25) is 0 Å². The molecule has 1 atom stereocenters. The van der Waals surface area contributed by atoms with Gasteiger partial charge in [0.05, 0.1) is 0 Å². The van der Waals surface area contributed by atoms with E-state index in [1.807, 2.05) is 6.07 Å². The summed E-state index contributed by atoms with van der Waals surface area (Å²) in [4.78, 5) is 13.8. The maximum atomic E-state index is 11.3. The van der Waals surface area contributed by atoms with E-state index in [1.165, 1.54) is 5.56 Å². The molecule has 1 aliphatic rings. The van der Waals surface area contributed by atoms with Gasteiger partial charge in [0.2, 0.25) is 0 Å². The predicted octanol–water partition coefficient (Wildman–Crippen LogP) is 2.88. The first-order chi connectivity index (χ1) is 10.7. The summed E-state index contributed by atoms with van der Waals surface area (Å²) in [6.07, 6.45) is 4.80. The van der Waals surface area contributed by atoms with Crippen molar-refractivity contribution in [2.75, 3.05) is 13.1 Å². The van der Waals surface area contributed by atoms with E-state index in [1.54, 1.807) is 0 Å². The SMILES string of the molecule is CCCC[C@H](NC1CCN(Cc2ccccc2)CC1)C(=O)O. The Balaban J connectivity index is 1.75. The Morgan fingerprint density at radius 1 is 1.32 bits per heavy atom. The number of unbranched alkanes of at least 4 members (excludes halogenated alkanes) is 1. The highest BCUT2D eigenvalue weighted by Gasteiger charge is 2.24. The summed E-state index contributed by atoms with van der Waals surface area (Å²) >= 11 is 0. The van der Waals surface area contributed by atoms with Crippen LogP contribution in [0, 0.1) is 0 Å². The number of piperidine rings is 1. The lowest BCUT2D eigenvalue weighted by atomic mass is 10.0. The molecular formula is C18H28N2O2. The third-order valence-electron chi connectivity index (χ3n) is 4.42. The third-order valence-corrected chi connectivity index (χ3v) is 4.42. The Morgan fingerprint density at radius 2 is 2.00 bits per heavy atom. The summed E-state index contributed by atoms with van der Waals surface area (Å²) in [7, 11) is 0. The Labute approximate surface area is 133 Å². The van der Waals surface area contributed by atoms with Gasteiger partial charge in [0.1, 0.15) is 6.04 Å². The van der Waals surface area contributed by atoms with Crippen LogP contribution in [0.5, 0.6) is 0 Å². The molecule has 0 bridgehead atoms. The summed E-state index contributed by atoms with van der Waals surface area (Å²) in [6.45, 7) is 5.16. The molecule has 1 aromatic carbocycles. The molecule has 2 N–H and O–H groups in total. The van der Waals surface area contributed by atoms with E-state index < -0.39 is 5.97 Å². The molecule has 0 spiro atoms. The van der Waals surface area contributed by atoms with Crippen LogP contribution in [0.25, 0.3) is 0 Å². The highest BCUT2D eigenvalue weighted by Crippen LogP contribution is 2.15. The van der Waals surface area contributed by atoms with Gasteiger partial charge >= 0.3 is 5.97 Å². The molecule has 0 aromatic heterocycles. The van der Waals surface area contributed by atoms with Crippen molar-refractivity contribution >= 4 is 5.97 Å². The summed E-state index contributed by atoms with van der Waals surface area (Å²) in [5.74, 6) is -0.708. The summed E-state index contributed by atoms with van der Waals surface area (Å²) in [5, 5.41) is 12.7. The Kier molecular flexibility index (Phi) is 6.87. The largest absolute Gasteiger partial charge is 0.480 e. The monoisotopic (exact) mass is 304 g/mol. The van der Waals surface area contributed by atoms with E-state index in [2.05, 4.69) is 41.4 Å². The van der Waals surface area contributed by atoms with Crippen LogP contribution in [0.4, 0.5) is 0 Å². The second-order valence-electron chi connectivity index (χ2n) is 6.24. The number of carboxylic acids is 1. The van der Waals surface area contributed by atoms with Crippen molar-refractivity contribution in [3.63, 3.8) is 0 Å². The Bertz CT molecular complexity index is 442. The second kappa shape index (κ2) is 8.91. The number of carboxylic acid groups (broad SMARTS) is 1. The first-order valence-electron chi connectivity index (χ1n) is 8.44. The van der Waals surface area contributed by atoms with Crippen LogP contribution in [0.15, 0.2) is 30.3 Å². The third kappa shape index (κ3) is 5.43. The molecule has 1 heterocycles. The van der Waals surface area contributed by atoms with Gasteiger partial charge in [-0.1, -0.05) is 50.1 Å². The molecule has 22 heavy (non-hydrogen) atoms. The number of benzene rings is 1. The van der Waals surface area contributed by atoms with Crippen LogP contribution >= 0.6 is 0 Å². The molecule has 1 fully saturated rings. The van der Waals surface area contributed by atoms with Crippen LogP contribution in [-0.2, 0) is 11.3 Å². The molecule has 0 aliphatic carbocycles. The number of aliphatic carboxylic acids is 1. The zero-order valence-electron chi connectivity index (χ0n) is 13.5. The number of carbonyl (C=O) groups is 1. The van der Waals surface area contributed by atoms with Crippen molar-refractivity contribution in [3.05, 3.63) is 35.9 Å². The number of nitrogens with one attached hydrogen (secondary N) is 1. The molecule has 4 heteroatoms. The molecule has 0 saturated carbocycles. The summed E-state index contributed by atoms with van der Waals surface area (Å²) in [5.41, 5.74) is 1.35. The average Bonchev–Trinajstić information content (AvgIpc) is 2.54. The van der Waals surface area contributed by atoms with Gasteiger partial charge in [0.15, 0.2) is 0 Å². The van der Waals surface area contributed by atoms with Crippen LogP contribution < -0.4 is 5.32 Å². The maximum Gasteiger partial charge on any atom is 0.320 e. The Morgan fingerprint density at radius 3 is 2.59 bits per heavy atom. The second-order valence-corrected chi connectivity index (χ2v) is 6.24. The van der Waals surface area contributed by atoms with Crippen molar-refractivity contribution < 1.29 is 9.90 Å². The van der Waals surface area contributed by atoms with Crippen molar-refractivity contribution in [2.45, 2.75) is 57.7 Å². The van der Waals surface area contributed by atoms with Gasteiger partial charge in [-0.15, -0.1) is 0 Å². The van der Waals surface area contributed by atoms with Crippen molar-refractivity contribution in [1.82, 2.24) is 10.2 Å². The van der Waals surface area contributed by atoms with Gasteiger partial charge in [-0.2, -0.15) is 0 Å². The molecule has 0 radical (unpaired) electrons. The topological polar surface area (TPSA) is 52.6 Å². The van der Waals surface area contributed by atoms with Gasteiger partial charge < -0.3 is 10.4 Å². The fourth-order valence-corrected chi connectivity index (χ4v) is 3.07. The highest BCUT2D eigenvalue weighted by molar-refractivity contribution is 5.73. The van der Waals surface area contributed by atoms with Gasteiger partial charge in [-0.05, 0) is 37.9 Å². The molecule has 122 valence electrons. The minimum absolute atomic E-state index is 0.338. The van der Waals surface area contributed by atoms with Crippen LogP contribution in [0.1, 0.15) is 44.6 Å². The van der Waals surface area contributed by atoms with E-state index in [0.29, 0.717) is 6.04 Å². The van der Waals surface area contributed by atoms with Crippen molar-refractivity contribution in [3.8, 4) is 0 Å². The number of hydrogen-bond donors (Lipinski definition) is 2. The quantitative estimate of drug-likeness (QED) is 0.775. The molecule has 1 aliphatic heterocycles. The molecule has 0 unspecified atom stereocenters. The van der Waals surface area contributed by atoms with Gasteiger partial charge in [0, 0.05) is 12.6 Å². The van der Waals surface area contributed by atoms with Crippen LogP contribution in [0.3, 0.4) is 0 Å². The van der Waals surface area contributed by atoms with E-state index in [4.69, 9.17) is 0 Å². The van der Waals surface area contributed by atoms with E-state index >= 15 is 0 Å². The van der Waals surface area contributed by atoms with Crippen molar-refractivity contribution in [1.29, 1.82) is 0 Å². The molecule has 1 saturated heterocycles.